The van der Waals surface area contributed by atoms with Crippen LogP contribution < -0.4 is 15.8 Å². The minimum absolute atomic E-state index is 0.0403. The number of carbonyl (C=O) groups is 3. The normalized spacial score (nSPS) is 11.9. The molecule has 2 amide bonds. The molecule has 5 N–H and O–H groups in total. The molecule has 0 spiro atoms. The number of H-pyrrole nitrogens is 1. The summed E-state index contributed by atoms with van der Waals surface area (Å²) in [5.74, 6) is -2.00. The Hall–Kier alpha value is -4.40. The van der Waals surface area contributed by atoms with Crippen LogP contribution in [0.3, 0.4) is 0 Å². The fourth-order valence-corrected chi connectivity index (χ4v) is 3.77. The van der Waals surface area contributed by atoms with Crippen molar-refractivity contribution in [1.29, 1.82) is 0 Å². The Morgan fingerprint density at radius 3 is 2.58 bits per heavy atom. The zero-order chi connectivity index (χ0) is 23.5. The number of carbonyl (C=O) groups excluding carboxylic acids is 2. The Labute approximate surface area is 188 Å². The number of aromatic amines is 1. The number of benzene rings is 2. The number of nitrogens with two attached hydrogens (primary N) is 1. The number of primary amides is 1. The maximum Gasteiger partial charge on any atom is 0.326 e. The summed E-state index contributed by atoms with van der Waals surface area (Å²) in [6, 6.07) is 15.3. The number of nitrogens with zero attached hydrogens (tertiary/aromatic N) is 1. The number of aliphatic carboxylic acids is 1. The Morgan fingerprint density at radius 1 is 1.12 bits per heavy atom. The third-order valence-electron chi connectivity index (χ3n) is 5.37. The van der Waals surface area contributed by atoms with Gasteiger partial charge in [-0.15, -0.1) is 0 Å². The van der Waals surface area contributed by atoms with E-state index in [4.69, 9.17) is 10.5 Å². The van der Waals surface area contributed by atoms with Gasteiger partial charge in [-0.2, -0.15) is 0 Å². The van der Waals surface area contributed by atoms with E-state index in [1.54, 1.807) is 19.2 Å². The lowest BCUT2D eigenvalue weighted by Gasteiger charge is -2.15. The van der Waals surface area contributed by atoms with E-state index in [1.165, 1.54) is 0 Å². The van der Waals surface area contributed by atoms with Gasteiger partial charge in [0.05, 0.1) is 18.3 Å². The second kappa shape index (κ2) is 8.99. The predicted octanol–water partition coefficient (Wildman–Crippen LogP) is 2.84. The number of fused-ring (bicyclic) bond motifs is 3. The van der Waals surface area contributed by atoms with E-state index in [0.29, 0.717) is 17.0 Å². The van der Waals surface area contributed by atoms with Crippen LogP contribution in [0.4, 0.5) is 0 Å². The van der Waals surface area contributed by atoms with Gasteiger partial charge in [0.25, 0.3) is 5.91 Å². The van der Waals surface area contributed by atoms with E-state index in [1.807, 2.05) is 42.5 Å². The van der Waals surface area contributed by atoms with Gasteiger partial charge >= 0.3 is 5.97 Å². The van der Waals surface area contributed by atoms with Crippen molar-refractivity contribution in [3.8, 4) is 17.0 Å². The van der Waals surface area contributed by atoms with Crippen molar-refractivity contribution in [2.45, 2.75) is 18.9 Å². The van der Waals surface area contributed by atoms with Crippen molar-refractivity contribution < 1.29 is 24.2 Å². The molecule has 1 unspecified atom stereocenters. The Balaban J connectivity index is 1.85. The molecule has 9 nitrogen and oxygen atoms in total. The summed E-state index contributed by atoms with van der Waals surface area (Å²) in [7, 11) is 1.55. The average molecular weight is 446 g/mol. The number of para-hydroxylation sites is 2. The minimum Gasteiger partial charge on any atom is -0.496 e. The third-order valence-corrected chi connectivity index (χ3v) is 5.37. The van der Waals surface area contributed by atoms with Crippen LogP contribution in [0.2, 0.25) is 0 Å². The fourth-order valence-electron chi connectivity index (χ4n) is 3.77. The first kappa shape index (κ1) is 21.8. The standard InChI is InChI=1S/C24H22N4O5/c1-33-19-9-5-3-7-14(19)21-22-15(13-6-2-4-8-16(13)26-22)12-18(27-21)23(30)28-17(24(31)32)10-11-20(25)29/h2-9,12,17,26H,10-11H2,1H3,(H2,25,29)(H,28,30)(H,31,32). The molecule has 0 aliphatic carbocycles. The van der Waals surface area contributed by atoms with Crippen molar-refractivity contribution in [2.75, 3.05) is 7.11 Å². The molecule has 0 radical (unpaired) electrons. The van der Waals surface area contributed by atoms with Crippen LogP contribution >= 0.6 is 0 Å². The van der Waals surface area contributed by atoms with Crippen molar-refractivity contribution in [1.82, 2.24) is 15.3 Å². The van der Waals surface area contributed by atoms with E-state index >= 15 is 0 Å². The lowest BCUT2D eigenvalue weighted by atomic mass is 10.0. The van der Waals surface area contributed by atoms with Crippen LogP contribution in [0.5, 0.6) is 5.75 Å². The number of aromatic nitrogens is 2. The van der Waals surface area contributed by atoms with Crippen LogP contribution in [0.1, 0.15) is 23.3 Å². The number of hydrogen-bond acceptors (Lipinski definition) is 5. The number of nitrogens with one attached hydrogen (secondary N) is 2. The highest BCUT2D eigenvalue weighted by molar-refractivity contribution is 6.13. The summed E-state index contributed by atoms with van der Waals surface area (Å²) in [6.45, 7) is 0. The molecule has 168 valence electrons. The molecule has 0 aliphatic heterocycles. The van der Waals surface area contributed by atoms with Gasteiger partial charge in [-0.1, -0.05) is 30.3 Å². The minimum atomic E-state index is -1.28. The summed E-state index contributed by atoms with van der Waals surface area (Å²) in [6.07, 6.45) is -0.288. The molecule has 33 heavy (non-hydrogen) atoms. The molecule has 4 aromatic rings. The van der Waals surface area contributed by atoms with Crippen LogP contribution in [0.15, 0.2) is 54.6 Å². The first-order valence-corrected chi connectivity index (χ1v) is 10.3. The average Bonchev–Trinajstić information content (AvgIpc) is 3.19. The highest BCUT2D eigenvalue weighted by atomic mass is 16.5. The number of hydrogen-bond donors (Lipinski definition) is 4. The zero-order valence-electron chi connectivity index (χ0n) is 17.8. The topological polar surface area (TPSA) is 147 Å². The Bertz CT molecular complexity index is 1380. The summed E-state index contributed by atoms with van der Waals surface area (Å²) in [5.41, 5.74) is 7.93. The van der Waals surface area contributed by atoms with E-state index in [0.717, 1.165) is 21.8 Å². The van der Waals surface area contributed by atoms with Gasteiger partial charge in [-0.25, -0.2) is 9.78 Å². The van der Waals surface area contributed by atoms with Gasteiger partial charge in [0.2, 0.25) is 5.91 Å². The molecule has 9 heteroatoms. The summed E-state index contributed by atoms with van der Waals surface area (Å²) < 4.78 is 5.50. The van der Waals surface area contributed by atoms with E-state index in [9.17, 15) is 19.5 Å². The van der Waals surface area contributed by atoms with Crippen molar-refractivity contribution >= 4 is 39.6 Å². The molecule has 1 atom stereocenters. The van der Waals surface area contributed by atoms with E-state index in [-0.39, 0.29) is 18.5 Å². The summed E-state index contributed by atoms with van der Waals surface area (Å²) in [4.78, 5) is 43.6. The molecule has 0 fully saturated rings. The fraction of sp³-hybridized carbons (Fsp3) is 0.167. The van der Waals surface area contributed by atoms with Crippen molar-refractivity contribution in [3.63, 3.8) is 0 Å². The summed E-state index contributed by atoms with van der Waals surface area (Å²) in [5, 5.41) is 13.6. The predicted molar refractivity (Wildman–Crippen MR) is 123 cm³/mol. The lowest BCUT2D eigenvalue weighted by Crippen LogP contribution is -2.41. The molecule has 0 aliphatic rings. The molecule has 2 aromatic heterocycles. The largest absolute Gasteiger partial charge is 0.496 e. The smallest absolute Gasteiger partial charge is 0.326 e. The number of methoxy groups -OCH3 is 1. The number of rotatable bonds is 8. The SMILES string of the molecule is COc1ccccc1-c1nc(C(=O)NC(CCC(N)=O)C(=O)O)cc2c1[nH]c1ccccc12. The van der Waals surface area contributed by atoms with Crippen LogP contribution in [0.25, 0.3) is 33.1 Å². The first-order chi connectivity index (χ1) is 15.9. The van der Waals surface area contributed by atoms with Crippen LogP contribution in [-0.2, 0) is 9.59 Å². The zero-order valence-corrected chi connectivity index (χ0v) is 17.8. The molecule has 0 saturated carbocycles. The molecule has 0 bridgehead atoms. The second-order valence-electron chi connectivity index (χ2n) is 7.52. The monoisotopic (exact) mass is 446 g/mol. The maximum atomic E-state index is 13.0. The Kier molecular flexibility index (Phi) is 5.95. The Morgan fingerprint density at radius 2 is 1.85 bits per heavy atom. The van der Waals surface area contributed by atoms with Crippen molar-refractivity contribution in [3.05, 3.63) is 60.3 Å². The molecule has 2 heterocycles. The van der Waals surface area contributed by atoms with Gasteiger partial charge in [0.1, 0.15) is 17.5 Å². The van der Waals surface area contributed by atoms with E-state index < -0.39 is 23.8 Å². The molecule has 0 saturated heterocycles. The van der Waals surface area contributed by atoms with Gasteiger partial charge in [-0.05, 0) is 30.7 Å². The van der Waals surface area contributed by atoms with Gasteiger partial charge in [-0.3, -0.25) is 9.59 Å². The van der Waals surface area contributed by atoms with Gasteiger partial charge in [0.15, 0.2) is 0 Å². The second-order valence-corrected chi connectivity index (χ2v) is 7.52. The number of amides is 2. The number of carboxylic acids is 1. The lowest BCUT2D eigenvalue weighted by molar-refractivity contribution is -0.139. The highest BCUT2D eigenvalue weighted by Gasteiger charge is 2.24. The molecule has 2 aromatic carbocycles. The maximum absolute atomic E-state index is 13.0. The molecule has 4 rings (SSSR count). The van der Waals surface area contributed by atoms with Crippen LogP contribution in [-0.4, -0.2) is 46.0 Å². The third kappa shape index (κ3) is 4.33. The number of carboxylic acid groups (broad SMARTS) is 1. The van der Waals surface area contributed by atoms with Gasteiger partial charge < -0.3 is 25.9 Å². The highest BCUT2D eigenvalue weighted by Crippen LogP contribution is 2.36. The van der Waals surface area contributed by atoms with Gasteiger partial charge in [0, 0.05) is 28.3 Å². The number of pyridine rings is 1. The number of ether oxygens (including phenoxy) is 1. The quantitative estimate of drug-likeness (QED) is 0.327. The van der Waals surface area contributed by atoms with E-state index in [2.05, 4.69) is 15.3 Å². The van der Waals surface area contributed by atoms with Crippen LogP contribution in [0, 0.1) is 0 Å². The van der Waals surface area contributed by atoms with Crippen molar-refractivity contribution in [2.24, 2.45) is 5.73 Å². The molecular formula is C24H22N4O5. The first-order valence-electron chi connectivity index (χ1n) is 10.3. The summed E-state index contributed by atoms with van der Waals surface area (Å²) >= 11 is 0. The molecular weight excluding hydrogens is 424 g/mol.